The molecular formula is C25H21BrN4O4. The number of hydrogen-bond donors (Lipinski definition) is 2. The summed E-state index contributed by atoms with van der Waals surface area (Å²) in [7, 11) is 0. The number of amides is 4. The van der Waals surface area contributed by atoms with E-state index in [0.717, 1.165) is 10.0 Å². The normalized spacial score (nSPS) is 12.4. The first-order chi connectivity index (χ1) is 16.4. The van der Waals surface area contributed by atoms with Crippen LogP contribution in [0.15, 0.2) is 71.5 Å². The summed E-state index contributed by atoms with van der Waals surface area (Å²) >= 11 is 3.31. The average Bonchev–Trinajstić information content (AvgIpc) is 3.07. The number of anilines is 1. The van der Waals surface area contributed by atoms with Crippen molar-refractivity contribution in [1.82, 2.24) is 15.2 Å². The fourth-order valence-electron chi connectivity index (χ4n) is 3.61. The van der Waals surface area contributed by atoms with E-state index in [4.69, 9.17) is 0 Å². The molecule has 1 aliphatic heterocycles. The second-order valence-electron chi connectivity index (χ2n) is 7.73. The number of hydrogen-bond acceptors (Lipinski definition) is 5. The van der Waals surface area contributed by atoms with Crippen LogP contribution in [-0.2, 0) is 11.3 Å². The van der Waals surface area contributed by atoms with Gasteiger partial charge >= 0.3 is 0 Å². The van der Waals surface area contributed by atoms with Crippen LogP contribution in [0.25, 0.3) is 0 Å². The molecule has 1 aromatic heterocycles. The van der Waals surface area contributed by atoms with Gasteiger partial charge < -0.3 is 10.6 Å². The predicted molar refractivity (Wildman–Crippen MR) is 129 cm³/mol. The molecule has 0 radical (unpaired) electrons. The molecule has 4 amide bonds. The van der Waals surface area contributed by atoms with Crippen LogP contribution in [0.5, 0.6) is 0 Å². The Hall–Kier alpha value is -3.85. The number of nitrogens with one attached hydrogen (secondary N) is 2. The van der Waals surface area contributed by atoms with Crippen LogP contribution in [0, 0.1) is 0 Å². The lowest BCUT2D eigenvalue weighted by Gasteiger charge is -2.13. The molecule has 3 aromatic rings. The summed E-state index contributed by atoms with van der Waals surface area (Å²) < 4.78 is 0.731. The third kappa shape index (κ3) is 5.37. The minimum Gasteiger partial charge on any atom is -0.352 e. The van der Waals surface area contributed by atoms with Crippen LogP contribution in [0.4, 0.5) is 5.69 Å². The summed E-state index contributed by atoms with van der Waals surface area (Å²) in [6.45, 7) is 0.462. The van der Waals surface area contributed by atoms with E-state index in [0.29, 0.717) is 28.8 Å². The third-order valence-corrected chi connectivity index (χ3v) is 5.81. The Labute approximate surface area is 204 Å². The van der Waals surface area contributed by atoms with Crippen LogP contribution < -0.4 is 10.6 Å². The summed E-state index contributed by atoms with van der Waals surface area (Å²) in [6.07, 6.45) is 3.62. The fraction of sp³-hybridized carbons (Fsp3) is 0.160. The summed E-state index contributed by atoms with van der Waals surface area (Å²) in [4.78, 5) is 54.6. The Morgan fingerprint density at radius 2 is 1.79 bits per heavy atom. The minimum atomic E-state index is -0.341. The summed E-state index contributed by atoms with van der Waals surface area (Å²) in [5.74, 6) is -1.14. The lowest BCUT2D eigenvalue weighted by atomic mass is 10.1. The van der Waals surface area contributed by atoms with E-state index in [2.05, 4.69) is 31.5 Å². The van der Waals surface area contributed by atoms with Crippen LogP contribution in [-0.4, -0.2) is 40.1 Å². The number of aromatic nitrogens is 1. The Bertz CT molecular complexity index is 1260. The monoisotopic (exact) mass is 520 g/mol. The van der Waals surface area contributed by atoms with Crippen molar-refractivity contribution in [2.75, 3.05) is 11.9 Å². The van der Waals surface area contributed by atoms with Crippen molar-refractivity contribution in [1.29, 1.82) is 0 Å². The average molecular weight is 521 g/mol. The van der Waals surface area contributed by atoms with Crippen molar-refractivity contribution in [3.05, 3.63) is 93.7 Å². The molecule has 0 bridgehead atoms. The van der Waals surface area contributed by atoms with Gasteiger partial charge in [0.05, 0.1) is 16.7 Å². The second-order valence-corrected chi connectivity index (χ2v) is 8.64. The second kappa shape index (κ2) is 10.4. The number of rotatable bonds is 8. The highest BCUT2D eigenvalue weighted by atomic mass is 79.9. The van der Waals surface area contributed by atoms with Crippen molar-refractivity contribution in [3.63, 3.8) is 0 Å². The maximum Gasteiger partial charge on any atom is 0.261 e. The highest BCUT2D eigenvalue weighted by Crippen LogP contribution is 2.26. The smallest absolute Gasteiger partial charge is 0.261 e. The number of nitrogens with zero attached hydrogens (tertiary/aromatic N) is 2. The van der Waals surface area contributed by atoms with E-state index in [1.807, 2.05) is 6.07 Å². The number of halogens is 1. The molecule has 2 aromatic carbocycles. The van der Waals surface area contributed by atoms with Gasteiger partial charge in [0.1, 0.15) is 0 Å². The predicted octanol–water partition coefficient (Wildman–Crippen LogP) is 3.79. The Morgan fingerprint density at radius 3 is 2.59 bits per heavy atom. The molecule has 0 unspecified atom stereocenters. The lowest BCUT2D eigenvalue weighted by Crippen LogP contribution is -2.32. The molecule has 2 heterocycles. The molecule has 8 nitrogen and oxygen atoms in total. The van der Waals surface area contributed by atoms with Crippen LogP contribution in [0.1, 0.15) is 49.5 Å². The number of benzene rings is 2. The van der Waals surface area contributed by atoms with E-state index in [9.17, 15) is 19.2 Å². The number of imide groups is 1. The summed E-state index contributed by atoms with van der Waals surface area (Å²) in [5, 5.41) is 5.63. The van der Waals surface area contributed by atoms with Gasteiger partial charge in [-0.1, -0.05) is 28.1 Å². The fourth-order valence-corrected chi connectivity index (χ4v) is 3.97. The van der Waals surface area contributed by atoms with Gasteiger partial charge in [-0.25, -0.2) is 0 Å². The summed E-state index contributed by atoms with van der Waals surface area (Å²) in [5.41, 5.74) is 2.64. The van der Waals surface area contributed by atoms with Gasteiger partial charge in [0.2, 0.25) is 5.91 Å². The molecule has 2 N–H and O–H groups in total. The highest BCUT2D eigenvalue weighted by Gasteiger charge is 2.35. The molecule has 0 saturated carbocycles. The molecule has 34 heavy (non-hydrogen) atoms. The van der Waals surface area contributed by atoms with E-state index in [1.54, 1.807) is 54.7 Å². The number of carbonyl (C=O) groups excluding carboxylic acids is 4. The zero-order valence-electron chi connectivity index (χ0n) is 18.1. The Balaban J connectivity index is 1.24. The number of carbonyl (C=O) groups is 4. The molecule has 1 aliphatic rings. The molecule has 0 aliphatic carbocycles. The van der Waals surface area contributed by atoms with E-state index in [1.165, 1.54) is 11.1 Å². The minimum absolute atomic E-state index is 0.174. The molecular weight excluding hydrogens is 500 g/mol. The van der Waals surface area contributed by atoms with Gasteiger partial charge in [-0.15, -0.1) is 0 Å². The molecule has 9 heteroatoms. The quantitative estimate of drug-likeness (QED) is 0.439. The first-order valence-corrected chi connectivity index (χ1v) is 11.4. The lowest BCUT2D eigenvalue weighted by molar-refractivity contribution is -0.121. The highest BCUT2D eigenvalue weighted by molar-refractivity contribution is 9.10. The van der Waals surface area contributed by atoms with Gasteiger partial charge in [0.25, 0.3) is 17.7 Å². The van der Waals surface area contributed by atoms with Crippen molar-refractivity contribution in [2.45, 2.75) is 19.4 Å². The zero-order valence-corrected chi connectivity index (χ0v) is 19.7. The maximum absolute atomic E-state index is 12.5. The van der Waals surface area contributed by atoms with Gasteiger partial charge in [-0.05, 0) is 54.4 Å². The van der Waals surface area contributed by atoms with Crippen LogP contribution >= 0.6 is 15.9 Å². The number of fused-ring (bicyclic) bond motifs is 1. The zero-order chi connectivity index (χ0) is 24.1. The van der Waals surface area contributed by atoms with Crippen molar-refractivity contribution < 1.29 is 19.2 Å². The van der Waals surface area contributed by atoms with Crippen molar-refractivity contribution >= 4 is 45.2 Å². The van der Waals surface area contributed by atoms with Crippen LogP contribution in [0.3, 0.4) is 0 Å². The van der Waals surface area contributed by atoms with E-state index in [-0.39, 0.29) is 43.1 Å². The molecule has 0 atom stereocenters. The third-order valence-electron chi connectivity index (χ3n) is 5.32. The molecule has 0 saturated heterocycles. The topological polar surface area (TPSA) is 108 Å². The van der Waals surface area contributed by atoms with Crippen molar-refractivity contribution in [2.24, 2.45) is 0 Å². The van der Waals surface area contributed by atoms with Gasteiger partial charge in [0.15, 0.2) is 0 Å². The molecule has 172 valence electrons. The number of pyridine rings is 1. The first kappa shape index (κ1) is 23.3. The summed E-state index contributed by atoms with van der Waals surface area (Å²) in [6, 6.07) is 15.5. The van der Waals surface area contributed by atoms with Crippen molar-refractivity contribution in [3.8, 4) is 0 Å². The Morgan fingerprint density at radius 1 is 0.971 bits per heavy atom. The SMILES string of the molecule is O=C(CCCN1C(=O)c2ccc(Br)cc2C1=O)NCc1cccc(NC(=O)c2cccnc2)c1. The van der Waals surface area contributed by atoms with Gasteiger partial charge in [-0.2, -0.15) is 0 Å². The largest absolute Gasteiger partial charge is 0.352 e. The van der Waals surface area contributed by atoms with E-state index >= 15 is 0 Å². The van der Waals surface area contributed by atoms with Crippen LogP contribution in [0.2, 0.25) is 0 Å². The first-order valence-electron chi connectivity index (χ1n) is 10.6. The van der Waals surface area contributed by atoms with E-state index < -0.39 is 0 Å². The van der Waals surface area contributed by atoms with Gasteiger partial charge in [-0.3, -0.25) is 29.1 Å². The molecule has 4 rings (SSSR count). The standard InChI is InChI=1S/C25H21BrN4O4/c26-18-8-9-20-21(13-18)25(34)30(24(20)33)11-3-7-22(31)28-14-16-4-1-6-19(12-16)29-23(32)17-5-2-10-27-15-17/h1-2,4-6,8-10,12-13,15H,3,7,11,14H2,(H,28,31)(H,29,32). The molecule has 0 fully saturated rings. The molecule has 0 spiro atoms. The van der Waals surface area contributed by atoms with Gasteiger partial charge in [0, 0.05) is 42.1 Å². The Kier molecular flexibility index (Phi) is 7.12. The maximum atomic E-state index is 12.5.